The van der Waals surface area contributed by atoms with Crippen molar-refractivity contribution in [2.75, 3.05) is 13.2 Å². The van der Waals surface area contributed by atoms with Crippen molar-refractivity contribution in [3.8, 4) is 11.5 Å². The maximum Gasteiger partial charge on any atom is 0.338 e. The molecule has 1 aromatic heterocycles. The number of nitro benzene ring substituents is 1. The van der Waals surface area contributed by atoms with Crippen LogP contribution in [0.4, 0.5) is 5.69 Å². The van der Waals surface area contributed by atoms with Gasteiger partial charge in [-0.1, -0.05) is 52.1 Å². The molecule has 2 heterocycles. The fourth-order valence-electron chi connectivity index (χ4n) is 4.86. The Morgan fingerprint density at radius 2 is 1.85 bits per heavy atom. The van der Waals surface area contributed by atoms with Crippen LogP contribution >= 0.6 is 43.2 Å². The van der Waals surface area contributed by atoms with Gasteiger partial charge >= 0.3 is 5.97 Å². The Bertz CT molecular complexity index is 2040. The quantitative estimate of drug-likeness (QED) is 0.0752. The molecule has 0 saturated heterocycles. The molecule has 236 valence electrons. The standard InChI is InChI=1S/C33H27Br2N3O7S/c1-4-14-44-25-12-8-21(9-13-25)29-28(32(40)43-5-2)19(3)36-33-37(29)31(39)27(46-33)16-22-15-23(34)17-26(35)30(22)45-18-20-6-10-24(11-7-20)38(41)42/h4,6-13,15-17,29H,1,5,14,18H2,2-3H3/b27-16-/t29-/m1/s1. The summed E-state index contributed by atoms with van der Waals surface area (Å²) in [6.45, 7) is 7.77. The number of thiazole rings is 1. The van der Waals surface area contributed by atoms with E-state index in [0.29, 0.717) is 48.7 Å². The molecule has 46 heavy (non-hydrogen) atoms. The van der Waals surface area contributed by atoms with Gasteiger partial charge in [-0.15, -0.1) is 0 Å². The SMILES string of the molecule is C=CCOc1ccc([C@@H]2C(C(=O)OCC)=C(C)N=c3s/c(=C\c4cc(Br)cc(Br)c4OCc4ccc([N+](=O)[O-])cc4)c(=O)n32)cc1. The number of nitro groups is 1. The number of benzene rings is 3. The third kappa shape index (κ3) is 7.06. The first-order valence-corrected chi connectivity index (χ1v) is 16.4. The molecule has 10 nitrogen and oxygen atoms in total. The van der Waals surface area contributed by atoms with Crippen molar-refractivity contribution >= 4 is 60.9 Å². The van der Waals surface area contributed by atoms with E-state index in [0.717, 1.165) is 10.0 Å². The number of carbonyl (C=O) groups excluding carboxylic acids is 1. The maximum absolute atomic E-state index is 14.1. The fraction of sp³-hybridized carbons (Fsp3) is 0.182. The monoisotopic (exact) mass is 767 g/mol. The molecule has 1 aliphatic rings. The van der Waals surface area contributed by atoms with Gasteiger partial charge in [-0.25, -0.2) is 9.79 Å². The van der Waals surface area contributed by atoms with E-state index in [1.54, 1.807) is 50.3 Å². The molecule has 0 bridgehead atoms. The van der Waals surface area contributed by atoms with Crippen molar-refractivity contribution in [2.24, 2.45) is 4.99 Å². The predicted octanol–water partition coefficient (Wildman–Crippen LogP) is 6.38. The number of hydrogen-bond acceptors (Lipinski definition) is 9. The van der Waals surface area contributed by atoms with Crippen molar-refractivity contribution in [1.29, 1.82) is 0 Å². The topological polar surface area (TPSA) is 122 Å². The van der Waals surface area contributed by atoms with Crippen LogP contribution in [0.15, 0.2) is 103 Å². The second-order valence-electron chi connectivity index (χ2n) is 9.99. The number of rotatable bonds is 11. The van der Waals surface area contributed by atoms with E-state index in [4.69, 9.17) is 14.2 Å². The first kappa shape index (κ1) is 33.0. The second kappa shape index (κ2) is 14.4. The Labute approximate surface area is 284 Å². The third-order valence-electron chi connectivity index (χ3n) is 6.93. The number of aromatic nitrogens is 1. The summed E-state index contributed by atoms with van der Waals surface area (Å²) in [7, 11) is 0. The van der Waals surface area contributed by atoms with E-state index >= 15 is 0 Å². The van der Waals surface area contributed by atoms with Gasteiger partial charge in [0.1, 0.15) is 24.7 Å². The Morgan fingerprint density at radius 3 is 2.50 bits per heavy atom. The molecule has 1 atom stereocenters. The van der Waals surface area contributed by atoms with Crippen LogP contribution in [0.5, 0.6) is 11.5 Å². The molecule has 13 heteroatoms. The first-order chi connectivity index (χ1) is 22.1. The van der Waals surface area contributed by atoms with Crippen LogP contribution < -0.4 is 24.4 Å². The summed E-state index contributed by atoms with van der Waals surface area (Å²) in [5.41, 5.74) is 2.41. The Balaban J connectivity index is 1.59. The van der Waals surface area contributed by atoms with E-state index in [-0.39, 0.29) is 30.0 Å². The number of nitrogens with zero attached hydrogens (tertiary/aromatic N) is 3. The van der Waals surface area contributed by atoms with Crippen molar-refractivity contribution < 1.29 is 23.9 Å². The van der Waals surface area contributed by atoms with Crippen LogP contribution in [0.25, 0.3) is 6.08 Å². The van der Waals surface area contributed by atoms with Crippen molar-refractivity contribution in [3.63, 3.8) is 0 Å². The first-order valence-electron chi connectivity index (χ1n) is 14.0. The molecule has 5 rings (SSSR count). The average molecular weight is 769 g/mol. The number of fused-ring (bicyclic) bond motifs is 1. The zero-order valence-corrected chi connectivity index (χ0v) is 28.7. The molecule has 0 unspecified atom stereocenters. The van der Waals surface area contributed by atoms with Gasteiger partial charge in [-0.05, 0) is 83.4 Å². The minimum absolute atomic E-state index is 0.0127. The van der Waals surface area contributed by atoms with E-state index in [2.05, 4.69) is 43.4 Å². The number of carbonyl (C=O) groups is 1. The summed E-state index contributed by atoms with van der Waals surface area (Å²) in [5.74, 6) is 0.547. The summed E-state index contributed by atoms with van der Waals surface area (Å²) < 4.78 is 20.5. The number of non-ortho nitro benzene ring substituents is 1. The highest BCUT2D eigenvalue weighted by molar-refractivity contribution is 9.11. The second-order valence-corrected chi connectivity index (χ2v) is 12.8. The fourth-order valence-corrected chi connectivity index (χ4v) is 7.27. The summed E-state index contributed by atoms with van der Waals surface area (Å²) >= 11 is 8.28. The van der Waals surface area contributed by atoms with Crippen LogP contribution in [0, 0.1) is 10.1 Å². The number of allylic oxidation sites excluding steroid dienone is 1. The Morgan fingerprint density at radius 1 is 1.13 bits per heavy atom. The third-order valence-corrected chi connectivity index (χ3v) is 8.96. The van der Waals surface area contributed by atoms with Crippen molar-refractivity contribution in [2.45, 2.75) is 26.5 Å². The lowest BCUT2D eigenvalue weighted by Gasteiger charge is -2.24. The van der Waals surface area contributed by atoms with Crippen LogP contribution in [-0.2, 0) is 16.1 Å². The molecule has 0 amide bonds. The van der Waals surface area contributed by atoms with Gasteiger partial charge in [0.25, 0.3) is 11.2 Å². The minimum Gasteiger partial charge on any atom is -0.490 e. The predicted molar refractivity (Wildman–Crippen MR) is 182 cm³/mol. The molecule has 0 aliphatic carbocycles. The van der Waals surface area contributed by atoms with Gasteiger partial charge in [0.05, 0.1) is 37.8 Å². The highest BCUT2D eigenvalue weighted by Crippen LogP contribution is 2.35. The van der Waals surface area contributed by atoms with E-state index in [1.807, 2.05) is 24.3 Å². The van der Waals surface area contributed by atoms with Crippen LogP contribution in [0.2, 0.25) is 0 Å². The molecule has 0 radical (unpaired) electrons. The van der Waals surface area contributed by atoms with Crippen molar-refractivity contribution in [3.05, 3.63) is 140 Å². The number of esters is 1. The Kier molecular flexibility index (Phi) is 10.3. The van der Waals surface area contributed by atoms with Gasteiger partial charge in [0.15, 0.2) is 4.80 Å². The lowest BCUT2D eigenvalue weighted by Crippen LogP contribution is -2.39. The molecule has 4 aromatic rings. The lowest BCUT2D eigenvalue weighted by atomic mass is 9.96. The highest BCUT2D eigenvalue weighted by atomic mass is 79.9. The molecule has 0 N–H and O–H groups in total. The Hall–Kier alpha value is -4.33. The summed E-state index contributed by atoms with van der Waals surface area (Å²) in [5, 5.41) is 11.0. The van der Waals surface area contributed by atoms with Crippen molar-refractivity contribution in [1.82, 2.24) is 4.57 Å². The minimum atomic E-state index is -0.780. The molecular formula is C33H27Br2N3O7S. The molecule has 0 spiro atoms. The molecular weight excluding hydrogens is 742 g/mol. The van der Waals surface area contributed by atoms with Crippen LogP contribution in [0.3, 0.4) is 0 Å². The maximum atomic E-state index is 14.1. The highest BCUT2D eigenvalue weighted by Gasteiger charge is 2.33. The number of ether oxygens (including phenoxy) is 3. The van der Waals surface area contributed by atoms with Gasteiger partial charge in [-0.2, -0.15) is 0 Å². The molecule has 0 saturated carbocycles. The number of halogens is 2. The summed E-state index contributed by atoms with van der Waals surface area (Å²) in [6, 6.07) is 16.1. The smallest absolute Gasteiger partial charge is 0.338 e. The lowest BCUT2D eigenvalue weighted by molar-refractivity contribution is -0.384. The van der Waals surface area contributed by atoms with Gasteiger partial charge in [-0.3, -0.25) is 19.5 Å². The van der Waals surface area contributed by atoms with E-state index < -0.39 is 16.9 Å². The molecule has 0 fully saturated rings. The van der Waals surface area contributed by atoms with E-state index in [9.17, 15) is 19.7 Å². The van der Waals surface area contributed by atoms with Gasteiger partial charge in [0.2, 0.25) is 0 Å². The molecule has 3 aromatic carbocycles. The van der Waals surface area contributed by atoms with Gasteiger partial charge in [0, 0.05) is 22.2 Å². The zero-order chi connectivity index (χ0) is 33.0. The largest absolute Gasteiger partial charge is 0.490 e. The summed E-state index contributed by atoms with van der Waals surface area (Å²) in [4.78, 5) is 43.0. The zero-order valence-electron chi connectivity index (χ0n) is 24.7. The number of hydrogen-bond donors (Lipinski definition) is 0. The average Bonchev–Trinajstić information content (AvgIpc) is 3.33. The van der Waals surface area contributed by atoms with Crippen LogP contribution in [-0.4, -0.2) is 28.7 Å². The van der Waals surface area contributed by atoms with E-state index in [1.165, 1.54) is 28.0 Å². The van der Waals surface area contributed by atoms with Crippen LogP contribution in [0.1, 0.15) is 36.6 Å². The summed E-state index contributed by atoms with van der Waals surface area (Å²) in [6.07, 6.45) is 3.36. The molecule has 1 aliphatic heterocycles. The van der Waals surface area contributed by atoms with Gasteiger partial charge < -0.3 is 14.2 Å². The normalized spacial score (nSPS) is 14.3.